The number of aromatic nitrogens is 1. The highest BCUT2D eigenvalue weighted by molar-refractivity contribution is 7.14. The molecule has 0 aliphatic carbocycles. The minimum absolute atomic E-state index is 0.0649. The monoisotopic (exact) mass is 389 g/mol. The molecule has 6 nitrogen and oxygen atoms in total. The lowest BCUT2D eigenvalue weighted by Gasteiger charge is -2.07. The Hall–Kier alpha value is -3.71. The minimum atomic E-state index is -0.414. The Bertz CT molecular complexity index is 1080. The van der Waals surface area contributed by atoms with E-state index in [4.69, 9.17) is 4.74 Å². The molecule has 1 aromatic heterocycles. The number of nitro groups is 1. The smallest absolute Gasteiger partial charge is 0.269 e. The number of rotatable bonds is 6. The minimum Gasteiger partial charge on any atom is -0.457 e. The summed E-state index contributed by atoms with van der Waals surface area (Å²) in [5.41, 5.74) is 2.56. The van der Waals surface area contributed by atoms with Crippen LogP contribution in [-0.4, -0.2) is 9.91 Å². The second-order valence-electron chi connectivity index (χ2n) is 5.91. The number of ether oxygens (including phenoxy) is 1. The van der Waals surface area contributed by atoms with Gasteiger partial charge in [0, 0.05) is 28.8 Å². The maximum absolute atomic E-state index is 10.8. The van der Waals surface area contributed by atoms with Crippen molar-refractivity contribution in [2.24, 2.45) is 0 Å². The van der Waals surface area contributed by atoms with Crippen LogP contribution in [0.5, 0.6) is 11.5 Å². The van der Waals surface area contributed by atoms with Crippen molar-refractivity contribution in [3.05, 3.63) is 94.4 Å². The van der Waals surface area contributed by atoms with Gasteiger partial charge < -0.3 is 10.1 Å². The molecule has 7 heteroatoms. The largest absolute Gasteiger partial charge is 0.457 e. The molecule has 0 saturated carbocycles. The SMILES string of the molecule is O=[N+]([O-])c1ccc(-c2csc(Nc3ccc(Oc4ccccc4)cc3)n2)cc1. The maximum Gasteiger partial charge on any atom is 0.269 e. The molecule has 0 fully saturated rings. The Morgan fingerprint density at radius 3 is 2.25 bits per heavy atom. The lowest BCUT2D eigenvalue weighted by atomic mass is 10.1. The normalized spacial score (nSPS) is 10.4. The van der Waals surface area contributed by atoms with Gasteiger partial charge in [0.05, 0.1) is 10.6 Å². The average Bonchev–Trinajstić information content (AvgIpc) is 3.19. The number of para-hydroxylation sites is 1. The van der Waals surface area contributed by atoms with Gasteiger partial charge in [-0.25, -0.2) is 4.98 Å². The first-order valence-corrected chi connectivity index (χ1v) is 9.36. The van der Waals surface area contributed by atoms with E-state index in [1.54, 1.807) is 12.1 Å². The van der Waals surface area contributed by atoms with Gasteiger partial charge in [0.15, 0.2) is 5.13 Å². The molecule has 0 aliphatic heterocycles. The van der Waals surface area contributed by atoms with Gasteiger partial charge >= 0.3 is 0 Å². The third kappa shape index (κ3) is 4.16. The highest BCUT2D eigenvalue weighted by atomic mass is 32.1. The zero-order valence-electron chi connectivity index (χ0n) is 14.6. The fourth-order valence-corrected chi connectivity index (χ4v) is 3.31. The lowest BCUT2D eigenvalue weighted by molar-refractivity contribution is -0.384. The van der Waals surface area contributed by atoms with E-state index >= 15 is 0 Å². The van der Waals surface area contributed by atoms with Crippen molar-refractivity contribution in [3.8, 4) is 22.8 Å². The summed E-state index contributed by atoms with van der Waals surface area (Å²) >= 11 is 1.47. The van der Waals surface area contributed by atoms with Gasteiger partial charge in [-0.05, 0) is 48.5 Å². The summed E-state index contributed by atoms with van der Waals surface area (Å²) in [5.74, 6) is 1.54. The van der Waals surface area contributed by atoms with Gasteiger partial charge in [-0.2, -0.15) is 0 Å². The topological polar surface area (TPSA) is 77.3 Å². The number of hydrogen-bond acceptors (Lipinski definition) is 6. The molecule has 0 amide bonds. The average molecular weight is 389 g/mol. The van der Waals surface area contributed by atoms with Crippen molar-refractivity contribution in [1.82, 2.24) is 4.98 Å². The van der Waals surface area contributed by atoms with E-state index < -0.39 is 4.92 Å². The van der Waals surface area contributed by atoms with E-state index in [0.29, 0.717) is 0 Å². The third-order valence-corrected chi connectivity index (χ3v) is 4.72. The number of nitrogens with one attached hydrogen (secondary N) is 1. The third-order valence-electron chi connectivity index (χ3n) is 3.96. The zero-order valence-corrected chi connectivity index (χ0v) is 15.4. The van der Waals surface area contributed by atoms with Gasteiger partial charge in [0.25, 0.3) is 5.69 Å². The van der Waals surface area contributed by atoms with Gasteiger partial charge in [-0.3, -0.25) is 10.1 Å². The molecule has 138 valence electrons. The molecule has 28 heavy (non-hydrogen) atoms. The van der Waals surface area contributed by atoms with Gasteiger partial charge in [-0.1, -0.05) is 18.2 Å². The Balaban J connectivity index is 1.43. The molecule has 4 aromatic rings. The quantitative estimate of drug-likeness (QED) is 0.311. The fraction of sp³-hybridized carbons (Fsp3) is 0. The van der Waals surface area contributed by atoms with Crippen LogP contribution >= 0.6 is 11.3 Å². The number of non-ortho nitro benzene ring substituents is 1. The van der Waals surface area contributed by atoms with Crippen molar-refractivity contribution in [2.45, 2.75) is 0 Å². The maximum atomic E-state index is 10.8. The van der Waals surface area contributed by atoms with Crippen LogP contribution in [0.3, 0.4) is 0 Å². The summed E-state index contributed by atoms with van der Waals surface area (Å²) in [6.45, 7) is 0. The van der Waals surface area contributed by atoms with Crippen molar-refractivity contribution in [2.75, 3.05) is 5.32 Å². The Morgan fingerprint density at radius 1 is 0.893 bits per heavy atom. The van der Waals surface area contributed by atoms with Crippen LogP contribution in [0.25, 0.3) is 11.3 Å². The summed E-state index contributed by atoms with van der Waals surface area (Å²) in [4.78, 5) is 14.9. The Morgan fingerprint density at radius 2 is 1.57 bits per heavy atom. The molecule has 0 aliphatic rings. The van der Waals surface area contributed by atoms with Crippen molar-refractivity contribution < 1.29 is 9.66 Å². The summed E-state index contributed by atoms with van der Waals surface area (Å²) in [6.07, 6.45) is 0. The number of nitro benzene ring substituents is 1. The van der Waals surface area contributed by atoms with Crippen LogP contribution in [0.2, 0.25) is 0 Å². The first kappa shape index (κ1) is 17.7. The molecular weight excluding hydrogens is 374 g/mol. The standard InChI is InChI=1S/C21H15N3O3S/c25-24(26)17-10-6-15(7-11-17)20-14-28-21(23-20)22-16-8-12-19(13-9-16)27-18-4-2-1-3-5-18/h1-14H,(H,22,23). The van der Waals surface area contributed by atoms with Gasteiger partial charge in [0.2, 0.25) is 0 Å². The van der Waals surface area contributed by atoms with Crippen LogP contribution in [0.4, 0.5) is 16.5 Å². The Kier molecular flexibility index (Phi) is 4.99. The zero-order chi connectivity index (χ0) is 19.3. The van der Waals surface area contributed by atoms with Gasteiger partial charge in [-0.15, -0.1) is 11.3 Å². The van der Waals surface area contributed by atoms with E-state index in [1.807, 2.05) is 60.0 Å². The van der Waals surface area contributed by atoms with Gasteiger partial charge in [0.1, 0.15) is 11.5 Å². The molecule has 4 rings (SSSR count). The van der Waals surface area contributed by atoms with E-state index in [9.17, 15) is 10.1 Å². The molecule has 1 N–H and O–H groups in total. The fourth-order valence-electron chi connectivity index (χ4n) is 2.57. The second kappa shape index (κ2) is 7.89. The molecule has 0 atom stereocenters. The van der Waals surface area contributed by atoms with Crippen LogP contribution in [-0.2, 0) is 0 Å². The van der Waals surface area contributed by atoms with Crippen LogP contribution in [0, 0.1) is 10.1 Å². The molecule has 0 radical (unpaired) electrons. The predicted octanol–water partition coefficient (Wildman–Crippen LogP) is 6.25. The van der Waals surface area contributed by atoms with Crippen molar-refractivity contribution in [3.63, 3.8) is 0 Å². The van der Waals surface area contributed by atoms with E-state index in [-0.39, 0.29) is 5.69 Å². The number of hydrogen-bond donors (Lipinski definition) is 1. The summed E-state index contributed by atoms with van der Waals surface area (Å²) < 4.78 is 5.78. The first-order chi connectivity index (χ1) is 13.7. The molecule has 3 aromatic carbocycles. The molecule has 0 unspecified atom stereocenters. The second-order valence-corrected chi connectivity index (χ2v) is 6.76. The predicted molar refractivity (Wildman–Crippen MR) is 110 cm³/mol. The highest BCUT2D eigenvalue weighted by Crippen LogP contribution is 2.29. The first-order valence-electron chi connectivity index (χ1n) is 8.48. The van der Waals surface area contributed by atoms with E-state index in [0.717, 1.165) is 33.6 Å². The summed E-state index contributed by atoms with van der Waals surface area (Å²) in [6, 6.07) is 23.6. The summed E-state index contributed by atoms with van der Waals surface area (Å²) in [5, 5.41) is 16.7. The van der Waals surface area contributed by atoms with Crippen molar-refractivity contribution in [1.29, 1.82) is 0 Å². The van der Waals surface area contributed by atoms with Crippen LogP contribution in [0.15, 0.2) is 84.2 Å². The molecule has 0 spiro atoms. The number of thiazole rings is 1. The Labute approximate surface area is 165 Å². The molecule has 0 saturated heterocycles. The van der Waals surface area contributed by atoms with Crippen LogP contribution in [0.1, 0.15) is 0 Å². The molecule has 1 heterocycles. The van der Waals surface area contributed by atoms with Crippen molar-refractivity contribution >= 4 is 27.8 Å². The highest BCUT2D eigenvalue weighted by Gasteiger charge is 2.08. The summed E-state index contributed by atoms with van der Waals surface area (Å²) in [7, 11) is 0. The number of anilines is 2. The number of benzene rings is 3. The lowest BCUT2D eigenvalue weighted by Crippen LogP contribution is -1.90. The van der Waals surface area contributed by atoms with E-state index in [2.05, 4.69) is 10.3 Å². The number of nitrogens with zero attached hydrogens (tertiary/aromatic N) is 2. The molecular formula is C21H15N3O3S. The van der Waals surface area contributed by atoms with Crippen LogP contribution < -0.4 is 10.1 Å². The van der Waals surface area contributed by atoms with E-state index in [1.165, 1.54) is 23.5 Å². The molecule has 0 bridgehead atoms.